The molecule has 1 heterocycles. The first-order valence-corrected chi connectivity index (χ1v) is 9.02. The summed E-state index contributed by atoms with van der Waals surface area (Å²) in [5.74, 6) is -0.801. The highest BCUT2D eigenvalue weighted by Gasteiger charge is 2.19. The van der Waals surface area contributed by atoms with E-state index in [-0.39, 0.29) is 5.56 Å². The van der Waals surface area contributed by atoms with Crippen molar-refractivity contribution >= 4 is 40.2 Å². The Bertz CT molecular complexity index is 906. The number of hydrogen-bond donors (Lipinski definition) is 2. The van der Waals surface area contributed by atoms with E-state index >= 15 is 0 Å². The quantitative estimate of drug-likeness (QED) is 0.516. The van der Waals surface area contributed by atoms with E-state index in [4.69, 9.17) is 19.9 Å². The van der Waals surface area contributed by atoms with Gasteiger partial charge < -0.3 is 25.3 Å². The second-order valence-electron chi connectivity index (χ2n) is 5.54. The van der Waals surface area contributed by atoms with Crippen LogP contribution < -0.4 is 20.5 Å². The molecule has 1 unspecified atom stereocenters. The van der Waals surface area contributed by atoms with Gasteiger partial charge in [0.05, 0.1) is 19.8 Å². The van der Waals surface area contributed by atoms with E-state index in [1.165, 1.54) is 39.4 Å². The van der Waals surface area contributed by atoms with Crippen LogP contribution in [0.2, 0.25) is 0 Å². The van der Waals surface area contributed by atoms with Crippen LogP contribution in [0.3, 0.4) is 0 Å². The lowest BCUT2D eigenvalue weighted by molar-refractivity contribution is -0.148. The molecule has 2 amide bonds. The number of esters is 1. The van der Waals surface area contributed by atoms with Crippen molar-refractivity contribution in [2.45, 2.75) is 13.0 Å². The van der Waals surface area contributed by atoms with Crippen molar-refractivity contribution in [2.75, 3.05) is 19.5 Å². The third-order valence-corrected chi connectivity index (χ3v) is 4.50. The second-order valence-corrected chi connectivity index (χ2v) is 6.45. The Balaban J connectivity index is 1.98. The number of nitrogens with two attached hydrogens (primary N) is 1. The Hall–Kier alpha value is -3.33. The van der Waals surface area contributed by atoms with Crippen molar-refractivity contribution in [1.82, 2.24) is 0 Å². The van der Waals surface area contributed by atoms with Crippen molar-refractivity contribution < 1.29 is 28.6 Å². The summed E-state index contributed by atoms with van der Waals surface area (Å²) >= 11 is 1.15. The molecule has 148 valence electrons. The van der Waals surface area contributed by atoms with Gasteiger partial charge >= 0.3 is 5.97 Å². The van der Waals surface area contributed by atoms with Crippen LogP contribution >= 0.6 is 11.3 Å². The molecule has 9 heteroatoms. The van der Waals surface area contributed by atoms with Crippen LogP contribution in [0.25, 0.3) is 6.08 Å². The molecular weight excluding hydrogens is 384 g/mol. The van der Waals surface area contributed by atoms with Crippen LogP contribution in [0.4, 0.5) is 5.00 Å². The number of hydrogen-bond acceptors (Lipinski definition) is 7. The lowest BCUT2D eigenvalue weighted by atomic mass is 10.1. The summed E-state index contributed by atoms with van der Waals surface area (Å²) in [6.45, 7) is 1.42. The van der Waals surface area contributed by atoms with Gasteiger partial charge in [-0.1, -0.05) is 0 Å². The zero-order valence-corrected chi connectivity index (χ0v) is 16.4. The van der Waals surface area contributed by atoms with Crippen LogP contribution in [-0.2, 0) is 14.3 Å². The molecule has 0 saturated heterocycles. The normalized spacial score (nSPS) is 11.7. The van der Waals surface area contributed by atoms with Gasteiger partial charge in [0.25, 0.3) is 11.8 Å². The van der Waals surface area contributed by atoms with E-state index in [1.54, 1.807) is 23.6 Å². The van der Waals surface area contributed by atoms with Crippen molar-refractivity contribution in [2.24, 2.45) is 5.73 Å². The summed E-state index contributed by atoms with van der Waals surface area (Å²) in [6, 6.07) is 6.63. The van der Waals surface area contributed by atoms with E-state index in [0.717, 1.165) is 11.3 Å². The molecule has 8 nitrogen and oxygen atoms in total. The van der Waals surface area contributed by atoms with Crippen LogP contribution in [0.1, 0.15) is 22.8 Å². The fourth-order valence-corrected chi connectivity index (χ4v) is 2.99. The topological polar surface area (TPSA) is 117 Å². The average Bonchev–Trinajstić information content (AvgIpc) is 3.14. The van der Waals surface area contributed by atoms with Crippen LogP contribution in [0.5, 0.6) is 11.5 Å². The monoisotopic (exact) mass is 404 g/mol. The van der Waals surface area contributed by atoms with Gasteiger partial charge in [0, 0.05) is 17.7 Å². The molecule has 1 aromatic carbocycles. The van der Waals surface area contributed by atoms with Gasteiger partial charge in [-0.25, -0.2) is 4.79 Å². The van der Waals surface area contributed by atoms with Crippen molar-refractivity contribution in [3.8, 4) is 11.5 Å². The van der Waals surface area contributed by atoms with Gasteiger partial charge in [-0.2, -0.15) is 0 Å². The van der Waals surface area contributed by atoms with Gasteiger partial charge in [0.1, 0.15) is 16.5 Å². The SMILES string of the molecule is COc1ccc(/C=C/C(=O)OC(C)C(=O)Nc2sccc2C(N)=O)c(OC)c1. The summed E-state index contributed by atoms with van der Waals surface area (Å²) in [5.41, 5.74) is 6.07. The Morgan fingerprint density at radius 2 is 1.93 bits per heavy atom. The molecule has 0 aliphatic heterocycles. The Morgan fingerprint density at radius 3 is 2.57 bits per heavy atom. The van der Waals surface area contributed by atoms with Crippen molar-refractivity contribution in [3.63, 3.8) is 0 Å². The minimum atomic E-state index is -1.07. The number of methoxy groups -OCH3 is 2. The number of ether oxygens (including phenoxy) is 3. The first-order valence-electron chi connectivity index (χ1n) is 8.14. The summed E-state index contributed by atoms with van der Waals surface area (Å²) in [7, 11) is 3.04. The molecule has 2 rings (SSSR count). The van der Waals surface area contributed by atoms with Crippen molar-refractivity contribution in [3.05, 3.63) is 46.8 Å². The number of thiophene rings is 1. The van der Waals surface area contributed by atoms with Crippen LogP contribution in [0.15, 0.2) is 35.7 Å². The predicted octanol–water partition coefficient (Wildman–Crippen LogP) is 2.45. The zero-order valence-electron chi connectivity index (χ0n) is 15.6. The highest BCUT2D eigenvalue weighted by atomic mass is 32.1. The third kappa shape index (κ3) is 5.34. The largest absolute Gasteiger partial charge is 0.497 e. The van der Waals surface area contributed by atoms with Gasteiger partial charge in [-0.3, -0.25) is 9.59 Å². The molecule has 1 atom stereocenters. The fourth-order valence-electron chi connectivity index (χ4n) is 2.19. The van der Waals surface area contributed by atoms with Crippen LogP contribution in [-0.4, -0.2) is 38.1 Å². The highest BCUT2D eigenvalue weighted by Crippen LogP contribution is 2.26. The number of anilines is 1. The Labute approximate surface area is 165 Å². The van der Waals surface area contributed by atoms with E-state index in [1.807, 2.05) is 0 Å². The fraction of sp³-hybridized carbons (Fsp3) is 0.211. The molecule has 2 aromatic rings. The maximum Gasteiger partial charge on any atom is 0.331 e. The van der Waals surface area contributed by atoms with E-state index < -0.39 is 23.9 Å². The molecular formula is C19H20N2O6S. The molecule has 3 N–H and O–H groups in total. The molecule has 0 saturated carbocycles. The zero-order chi connectivity index (χ0) is 20.7. The first kappa shape index (κ1) is 21.0. The summed E-state index contributed by atoms with van der Waals surface area (Å²) < 4.78 is 15.4. The number of nitrogens with one attached hydrogen (secondary N) is 1. The number of rotatable bonds is 8. The molecule has 28 heavy (non-hydrogen) atoms. The molecule has 0 bridgehead atoms. The summed E-state index contributed by atoms with van der Waals surface area (Å²) in [6.07, 6.45) is 1.63. The molecule has 0 aliphatic rings. The average molecular weight is 404 g/mol. The standard InChI is InChI=1S/C19H20N2O6S/c1-11(18(24)21-19-14(17(20)23)8-9-28-19)27-16(22)7-5-12-4-6-13(25-2)10-15(12)26-3/h4-11H,1-3H3,(H2,20,23)(H,21,24)/b7-5+. The molecule has 0 aliphatic carbocycles. The lowest BCUT2D eigenvalue weighted by Gasteiger charge is -2.12. The highest BCUT2D eigenvalue weighted by molar-refractivity contribution is 7.14. The van der Waals surface area contributed by atoms with Gasteiger partial charge in [-0.15, -0.1) is 11.3 Å². The third-order valence-electron chi connectivity index (χ3n) is 3.67. The molecule has 0 fully saturated rings. The number of benzene rings is 1. The predicted molar refractivity (Wildman–Crippen MR) is 106 cm³/mol. The van der Waals surface area contributed by atoms with Crippen molar-refractivity contribution in [1.29, 1.82) is 0 Å². The number of carbonyl (C=O) groups excluding carboxylic acids is 3. The van der Waals surface area contributed by atoms with E-state index in [9.17, 15) is 14.4 Å². The Kier molecular flexibility index (Phi) is 7.16. The Morgan fingerprint density at radius 1 is 1.18 bits per heavy atom. The second kappa shape index (κ2) is 9.56. The van der Waals surface area contributed by atoms with E-state index in [0.29, 0.717) is 22.1 Å². The maximum absolute atomic E-state index is 12.2. The first-order chi connectivity index (χ1) is 13.3. The molecule has 0 radical (unpaired) electrons. The summed E-state index contributed by atoms with van der Waals surface area (Å²) in [4.78, 5) is 35.5. The molecule has 1 aromatic heterocycles. The summed E-state index contributed by atoms with van der Waals surface area (Å²) in [5, 5.41) is 4.45. The van der Waals surface area contributed by atoms with Crippen LogP contribution in [0, 0.1) is 0 Å². The van der Waals surface area contributed by atoms with Gasteiger partial charge in [0.15, 0.2) is 6.10 Å². The minimum Gasteiger partial charge on any atom is -0.497 e. The minimum absolute atomic E-state index is 0.198. The number of primary amides is 1. The van der Waals surface area contributed by atoms with E-state index in [2.05, 4.69) is 5.32 Å². The smallest absolute Gasteiger partial charge is 0.331 e. The van der Waals surface area contributed by atoms with Gasteiger partial charge in [0.2, 0.25) is 0 Å². The number of carbonyl (C=O) groups is 3. The maximum atomic E-state index is 12.2. The van der Waals surface area contributed by atoms with Gasteiger partial charge in [-0.05, 0) is 36.6 Å². The lowest BCUT2D eigenvalue weighted by Crippen LogP contribution is -2.29. The molecule has 0 spiro atoms. The number of amides is 2.